The number of amides is 1. The summed E-state index contributed by atoms with van der Waals surface area (Å²) in [6.07, 6.45) is 3.56. The fourth-order valence-electron chi connectivity index (χ4n) is 1.34. The van der Waals surface area contributed by atoms with Crippen molar-refractivity contribution in [3.63, 3.8) is 0 Å². The molecular weight excluding hydrogens is 206 g/mol. The summed E-state index contributed by atoms with van der Waals surface area (Å²) in [5.74, 6) is 0.0906. The lowest BCUT2D eigenvalue weighted by molar-refractivity contribution is -0.125. The van der Waals surface area contributed by atoms with E-state index in [1.807, 2.05) is 25.3 Å². The molecule has 0 aromatic carbocycles. The molecule has 3 heteroatoms. The summed E-state index contributed by atoms with van der Waals surface area (Å²) in [6, 6.07) is 2.06. The molecule has 0 atom stereocenters. The number of thiophene rings is 1. The first-order valence-electron chi connectivity index (χ1n) is 5.20. The normalized spacial score (nSPS) is 10.9. The van der Waals surface area contributed by atoms with Gasteiger partial charge in [0.2, 0.25) is 5.91 Å². The molecule has 0 bridgehead atoms. The van der Waals surface area contributed by atoms with Crippen LogP contribution in [0.15, 0.2) is 17.5 Å². The largest absolute Gasteiger partial charge is 0.340 e. The standard InChI is InChI=1S/C12H17NOS/c1-4-13(5-2)12(14)7-6-11-10(3)8-9-15-11/h6-9H,4-5H2,1-3H3. The number of hydrogen-bond donors (Lipinski definition) is 0. The van der Waals surface area contributed by atoms with Crippen LogP contribution < -0.4 is 0 Å². The number of carbonyl (C=O) groups is 1. The minimum atomic E-state index is 0.0906. The van der Waals surface area contributed by atoms with Crippen molar-refractivity contribution in [1.29, 1.82) is 0 Å². The molecule has 0 aliphatic heterocycles. The van der Waals surface area contributed by atoms with E-state index in [0.717, 1.165) is 18.0 Å². The Bertz CT molecular complexity index is 350. The third kappa shape index (κ3) is 3.20. The molecule has 0 aliphatic carbocycles. The second-order valence-electron chi connectivity index (χ2n) is 3.31. The molecule has 2 nitrogen and oxygen atoms in total. The zero-order valence-corrected chi connectivity index (χ0v) is 10.3. The number of carbonyl (C=O) groups excluding carboxylic acids is 1. The van der Waals surface area contributed by atoms with E-state index in [1.54, 1.807) is 22.3 Å². The lowest BCUT2D eigenvalue weighted by Crippen LogP contribution is -2.28. The Hall–Kier alpha value is -1.09. The van der Waals surface area contributed by atoms with Crippen LogP contribution in [0.4, 0.5) is 0 Å². The van der Waals surface area contributed by atoms with Crippen molar-refractivity contribution in [2.45, 2.75) is 20.8 Å². The highest BCUT2D eigenvalue weighted by Gasteiger charge is 2.04. The van der Waals surface area contributed by atoms with Crippen molar-refractivity contribution in [2.75, 3.05) is 13.1 Å². The van der Waals surface area contributed by atoms with Gasteiger partial charge < -0.3 is 4.90 Å². The SMILES string of the molecule is CCN(CC)C(=O)C=Cc1sccc1C. The Morgan fingerprint density at radius 1 is 1.47 bits per heavy atom. The minimum absolute atomic E-state index is 0.0906. The number of hydrogen-bond acceptors (Lipinski definition) is 2. The van der Waals surface area contributed by atoms with Gasteiger partial charge in [0.25, 0.3) is 0 Å². The third-order valence-electron chi connectivity index (χ3n) is 2.35. The summed E-state index contributed by atoms with van der Waals surface area (Å²) in [5, 5.41) is 2.04. The molecule has 0 aliphatic rings. The van der Waals surface area contributed by atoms with Gasteiger partial charge in [0.1, 0.15) is 0 Å². The van der Waals surface area contributed by atoms with Crippen molar-refractivity contribution in [2.24, 2.45) is 0 Å². The van der Waals surface area contributed by atoms with Crippen LogP contribution in [0.3, 0.4) is 0 Å². The Balaban J connectivity index is 2.66. The fourth-order valence-corrected chi connectivity index (χ4v) is 2.16. The highest BCUT2D eigenvalue weighted by atomic mass is 32.1. The maximum atomic E-state index is 11.7. The van der Waals surface area contributed by atoms with Gasteiger partial charge >= 0.3 is 0 Å². The first-order chi connectivity index (χ1) is 7.19. The molecule has 15 heavy (non-hydrogen) atoms. The minimum Gasteiger partial charge on any atom is -0.340 e. The van der Waals surface area contributed by atoms with Gasteiger partial charge in [-0.15, -0.1) is 11.3 Å². The van der Waals surface area contributed by atoms with Crippen LogP contribution in [0.5, 0.6) is 0 Å². The van der Waals surface area contributed by atoms with Crippen molar-refractivity contribution < 1.29 is 4.79 Å². The van der Waals surface area contributed by atoms with Crippen LogP contribution in [-0.2, 0) is 4.79 Å². The number of rotatable bonds is 4. The molecule has 1 heterocycles. The molecule has 0 spiro atoms. The molecule has 82 valence electrons. The van der Waals surface area contributed by atoms with Crippen LogP contribution in [0.1, 0.15) is 24.3 Å². The molecule has 0 saturated heterocycles. The second kappa shape index (κ2) is 5.71. The van der Waals surface area contributed by atoms with Gasteiger partial charge in [-0.25, -0.2) is 0 Å². The van der Waals surface area contributed by atoms with Crippen molar-refractivity contribution in [3.05, 3.63) is 28.0 Å². The van der Waals surface area contributed by atoms with Crippen LogP contribution >= 0.6 is 11.3 Å². The molecule has 1 amide bonds. The summed E-state index contributed by atoms with van der Waals surface area (Å²) in [7, 11) is 0. The fraction of sp³-hybridized carbons (Fsp3) is 0.417. The molecule has 0 saturated carbocycles. The Kier molecular flexibility index (Phi) is 4.56. The number of nitrogens with zero attached hydrogens (tertiary/aromatic N) is 1. The van der Waals surface area contributed by atoms with E-state index < -0.39 is 0 Å². The molecule has 1 rings (SSSR count). The lowest BCUT2D eigenvalue weighted by atomic mass is 10.2. The van der Waals surface area contributed by atoms with Crippen LogP contribution in [0.25, 0.3) is 6.08 Å². The smallest absolute Gasteiger partial charge is 0.246 e. The van der Waals surface area contributed by atoms with Crippen LogP contribution in [0.2, 0.25) is 0 Å². The average Bonchev–Trinajstić information content (AvgIpc) is 2.63. The topological polar surface area (TPSA) is 20.3 Å². The highest BCUT2D eigenvalue weighted by molar-refractivity contribution is 7.11. The van der Waals surface area contributed by atoms with E-state index in [1.165, 1.54) is 5.56 Å². The van der Waals surface area contributed by atoms with E-state index in [-0.39, 0.29) is 5.91 Å². The summed E-state index contributed by atoms with van der Waals surface area (Å²) in [6.45, 7) is 7.57. The monoisotopic (exact) mass is 223 g/mol. The first-order valence-corrected chi connectivity index (χ1v) is 6.08. The van der Waals surface area contributed by atoms with Crippen molar-refractivity contribution in [3.8, 4) is 0 Å². The van der Waals surface area contributed by atoms with Gasteiger partial charge in [-0.3, -0.25) is 4.79 Å². The van der Waals surface area contributed by atoms with Crippen molar-refractivity contribution in [1.82, 2.24) is 4.90 Å². The predicted molar refractivity (Wildman–Crippen MR) is 66.0 cm³/mol. The van der Waals surface area contributed by atoms with Gasteiger partial charge in [-0.1, -0.05) is 0 Å². The van der Waals surface area contributed by atoms with E-state index in [4.69, 9.17) is 0 Å². The maximum Gasteiger partial charge on any atom is 0.246 e. The zero-order valence-electron chi connectivity index (χ0n) is 9.49. The Morgan fingerprint density at radius 3 is 2.60 bits per heavy atom. The van der Waals surface area contributed by atoms with Gasteiger partial charge in [0.15, 0.2) is 0 Å². The molecule has 1 aromatic rings. The average molecular weight is 223 g/mol. The Labute approximate surface area is 95.2 Å². The summed E-state index contributed by atoms with van der Waals surface area (Å²) in [5.41, 5.74) is 1.23. The van der Waals surface area contributed by atoms with E-state index in [0.29, 0.717) is 0 Å². The number of likely N-dealkylation sites (N-methyl/N-ethyl adjacent to an activating group) is 1. The number of aryl methyl sites for hydroxylation is 1. The maximum absolute atomic E-state index is 11.7. The summed E-state index contributed by atoms with van der Waals surface area (Å²) < 4.78 is 0. The lowest BCUT2D eigenvalue weighted by Gasteiger charge is -2.15. The zero-order chi connectivity index (χ0) is 11.3. The van der Waals surface area contributed by atoms with Gasteiger partial charge in [0, 0.05) is 24.0 Å². The quantitative estimate of drug-likeness (QED) is 0.719. The third-order valence-corrected chi connectivity index (χ3v) is 3.34. The second-order valence-corrected chi connectivity index (χ2v) is 4.26. The molecule has 0 fully saturated rings. The van der Waals surface area contributed by atoms with E-state index in [2.05, 4.69) is 13.0 Å². The highest BCUT2D eigenvalue weighted by Crippen LogP contribution is 2.17. The van der Waals surface area contributed by atoms with Gasteiger partial charge in [-0.2, -0.15) is 0 Å². The summed E-state index contributed by atoms with van der Waals surface area (Å²) in [4.78, 5) is 14.6. The van der Waals surface area contributed by atoms with Crippen LogP contribution in [0, 0.1) is 6.92 Å². The molecule has 0 radical (unpaired) electrons. The van der Waals surface area contributed by atoms with Gasteiger partial charge in [-0.05, 0) is 43.9 Å². The summed E-state index contributed by atoms with van der Waals surface area (Å²) >= 11 is 1.66. The Morgan fingerprint density at radius 2 is 2.13 bits per heavy atom. The molecule has 0 N–H and O–H groups in total. The molecule has 1 aromatic heterocycles. The van der Waals surface area contributed by atoms with Gasteiger partial charge in [0.05, 0.1) is 0 Å². The van der Waals surface area contributed by atoms with Crippen molar-refractivity contribution >= 4 is 23.3 Å². The van der Waals surface area contributed by atoms with Crippen LogP contribution in [-0.4, -0.2) is 23.9 Å². The predicted octanol–water partition coefficient (Wildman–Crippen LogP) is 2.94. The first kappa shape index (κ1) is 12.0. The van der Waals surface area contributed by atoms with E-state index in [9.17, 15) is 4.79 Å². The molecule has 0 unspecified atom stereocenters. The molecular formula is C12H17NOS. The van der Waals surface area contributed by atoms with E-state index >= 15 is 0 Å².